The van der Waals surface area contributed by atoms with E-state index in [1.165, 1.54) is 4.31 Å². The quantitative estimate of drug-likeness (QED) is 0.856. The van der Waals surface area contributed by atoms with Crippen LogP contribution in [0.25, 0.3) is 0 Å². The number of nitrogens with zero attached hydrogens (tertiary/aromatic N) is 1. The molecule has 132 valence electrons. The van der Waals surface area contributed by atoms with Gasteiger partial charge in [-0.1, -0.05) is 41.9 Å². The van der Waals surface area contributed by atoms with Crippen molar-refractivity contribution < 1.29 is 13.2 Å². The van der Waals surface area contributed by atoms with Crippen molar-refractivity contribution >= 4 is 39.0 Å². The number of sulfonamides is 1. The number of urea groups is 1. The van der Waals surface area contributed by atoms with Gasteiger partial charge in [0.05, 0.1) is 22.2 Å². The lowest BCUT2D eigenvalue weighted by Gasteiger charge is -2.18. The Kier molecular flexibility index (Phi) is 5.15. The number of hydrogen-bond acceptors (Lipinski definition) is 3. The van der Waals surface area contributed by atoms with Crippen molar-refractivity contribution in [3.8, 4) is 0 Å². The first-order valence-corrected chi connectivity index (χ1v) is 9.83. The first-order valence-electron chi connectivity index (χ1n) is 7.84. The normalized spacial score (nSPS) is 15.8. The number of benzene rings is 2. The Morgan fingerprint density at radius 2 is 1.92 bits per heavy atom. The number of rotatable bonds is 4. The van der Waals surface area contributed by atoms with Crippen molar-refractivity contribution in [1.29, 1.82) is 0 Å². The molecule has 0 aliphatic carbocycles. The van der Waals surface area contributed by atoms with E-state index in [-0.39, 0.29) is 5.75 Å². The van der Waals surface area contributed by atoms with E-state index in [9.17, 15) is 13.2 Å². The molecule has 1 heterocycles. The molecule has 0 aromatic heterocycles. The van der Waals surface area contributed by atoms with Crippen LogP contribution in [0.5, 0.6) is 0 Å². The lowest BCUT2D eigenvalue weighted by atomic mass is 10.2. The predicted molar refractivity (Wildman–Crippen MR) is 99.5 cm³/mol. The summed E-state index contributed by atoms with van der Waals surface area (Å²) in [5, 5.41) is 5.75. The fourth-order valence-electron chi connectivity index (χ4n) is 2.64. The van der Waals surface area contributed by atoms with Gasteiger partial charge in [-0.3, -0.25) is 4.31 Å². The zero-order chi connectivity index (χ0) is 17.9. The van der Waals surface area contributed by atoms with Gasteiger partial charge in [0, 0.05) is 13.1 Å². The smallest absolute Gasteiger partial charge is 0.319 e. The van der Waals surface area contributed by atoms with Crippen molar-refractivity contribution in [1.82, 2.24) is 5.32 Å². The monoisotopic (exact) mass is 379 g/mol. The molecule has 1 aliphatic heterocycles. The van der Waals surface area contributed by atoms with Crippen LogP contribution in [0.1, 0.15) is 12.0 Å². The second-order valence-corrected chi connectivity index (χ2v) is 8.12. The highest BCUT2D eigenvalue weighted by atomic mass is 35.5. The van der Waals surface area contributed by atoms with Gasteiger partial charge in [0.1, 0.15) is 0 Å². The van der Waals surface area contributed by atoms with E-state index in [1.54, 1.807) is 18.2 Å². The largest absolute Gasteiger partial charge is 0.334 e. The molecule has 25 heavy (non-hydrogen) atoms. The molecule has 2 amide bonds. The average Bonchev–Trinajstić information content (AvgIpc) is 2.95. The van der Waals surface area contributed by atoms with Crippen LogP contribution in [0.4, 0.5) is 16.2 Å². The summed E-state index contributed by atoms with van der Waals surface area (Å²) in [4.78, 5) is 12.1. The minimum absolute atomic E-state index is 0.135. The Labute approximate surface area is 151 Å². The van der Waals surface area contributed by atoms with E-state index in [0.717, 1.165) is 5.56 Å². The molecule has 0 atom stereocenters. The number of amides is 2. The van der Waals surface area contributed by atoms with Crippen LogP contribution in [0.2, 0.25) is 5.02 Å². The van der Waals surface area contributed by atoms with Gasteiger partial charge in [0.15, 0.2) is 0 Å². The van der Waals surface area contributed by atoms with Crippen LogP contribution in [-0.4, -0.2) is 26.7 Å². The molecule has 0 bridgehead atoms. The zero-order valence-electron chi connectivity index (χ0n) is 13.4. The van der Waals surface area contributed by atoms with Crippen LogP contribution in [-0.2, 0) is 16.6 Å². The average molecular weight is 380 g/mol. The first kappa shape index (κ1) is 17.6. The third-order valence-corrected chi connectivity index (χ3v) is 6.08. The fourth-order valence-corrected chi connectivity index (χ4v) is 4.36. The van der Waals surface area contributed by atoms with E-state index in [2.05, 4.69) is 10.6 Å². The summed E-state index contributed by atoms with van der Waals surface area (Å²) in [6.07, 6.45) is 0.589. The number of hydrogen-bond donors (Lipinski definition) is 2. The first-order chi connectivity index (χ1) is 12.0. The highest BCUT2D eigenvalue weighted by molar-refractivity contribution is 7.93. The van der Waals surface area contributed by atoms with Gasteiger partial charge in [-0.15, -0.1) is 0 Å². The van der Waals surface area contributed by atoms with Crippen LogP contribution in [0.3, 0.4) is 0 Å². The second-order valence-electron chi connectivity index (χ2n) is 5.70. The molecule has 1 fully saturated rings. The highest BCUT2D eigenvalue weighted by Crippen LogP contribution is 2.31. The van der Waals surface area contributed by atoms with E-state index in [4.69, 9.17) is 11.6 Å². The molecule has 0 spiro atoms. The maximum Gasteiger partial charge on any atom is 0.319 e. The molecule has 3 rings (SSSR count). The van der Waals surface area contributed by atoms with Crippen molar-refractivity contribution in [2.24, 2.45) is 0 Å². The van der Waals surface area contributed by atoms with Gasteiger partial charge >= 0.3 is 6.03 Å². The van der Waals surface area contributed by atoms with E-state index >= 15 is 0 Å². The number of nitrogens with one attached hydrogen (secondary N) is 2. The minimum atomic E-state index is -3.28. The number of halogens is 1. The molecular formula is C17H18ClN3O3S. The molecule has 0 saturated carbocycles. The zero-order valence-corrected chi connectivity index (χ0v) is 15.0. The van der Waals surface area contributed by atoms with Crippen molar-refractivity contribution in [3.63, 3.8) is 0 Å². The summed E-state index contributed by atoms with van der Waals surface area (Å²) in [6, 6.07) is 13.9. The van der Waals surface area contributed by atoms with E-state index < -0.39 is 16.1 Å². The molecule has 6 nitrogen and oxygen atoms in total. The Hall–Kier alpha value is -2.25. The number of anilines is 2. The van der Waals surface area contributed by atoms with Crippen LogP contribution >= 0.6 is 11.6 Å². The standard InChI is InChI=1S/C17H18ClN3O3S/c18-15-8-7-14(21-9-4-10-25(21,23)24)11-16(15)20-17(22)19-12-13-5-2-1-3-6-13/h1-3,5-8,11H,4,9-10,12H2,(H2,19,20,22). The molecule has 8 heteroatoms. The lowest BCUT2D eigenvalue weighted by Crippen LogP contribution is -2.29. The van der Waals surface area contributed by atoms with Gasteiger partial charge in [0.2, 0.25) is 10.0 Å². The molecule has 2 aromatic rings. The summed E-state index contributed by atoms with van der Waals surface area (Å²) in [5.41, 5.74) is 1.84. The van der Waals surface area contributed by atoms with Crippen LogP contribution in [0.15, 0.2) is 48.5 Å². The van der Waals surface area contributed by atoms with E-state index in [1.807, 2.05) is 30.3 Å². The minimum Gasteiger partial charge on any atom is -0.334 e. The summed E-state index contributed by atoms with van der Waals surface area (Å²) in [5.74, 6) is 0.135. The topological polar surface area (TPSA) is 78.5 Å². The van der Waals surface area contributed by atoms with Gasteiger partial charge in [-0.25, -0.2) is 13.2 Å². The molecular weight excluding hydrogens is 362 g/mol. The number of carbonyl (C=O) groups excluding carboxylic acids is 1. The lowest BCUT2D eigenvalue weighted by molar-refractivity contribution is 0.251. The summed E-state index contributed by atoms with van der Waals surface area (Å²) >= 11 is 6.12. The molecule has 2 aromatic carbocycles. The Balaban J connectivity index is 1.69. The van der Waals surface area contributed by atoms with Crippen LogP contribution < -0.4 is 14.9 Å². The molecule has 1 saturated heterocycles. The van der Waals surface area contributed by atoms with E-state index in [0.29, 0.717) is 35.9 Å². The van der Waals surface area contributed by atoms with Gasteiger partial charge < -0.3 is 10.6 Å². The Bertz CT molecular complexity index is 872. The molecule has 0 unspecified atom stereocenters. The summed E-state index contributed by atoms with van der Waals surface area (Å²) in [7, 11) is -3.28. The second kappa shape index (κ2) is 7.33. The van der Waals surface area contributed by atoms with Crippen molar-refractivity contribution in [2.45, 2.75) is 13.0 Å². The molecule has 0 radical (unpaired) electrons. The molecule has 2 N–H and O–H groups in total. The van der Waals surface area contributed by atoms with Crippen LogP contribution in [0, 0.1) is 0 Å². The Morgan fingerprint density at radius 3 is 2.60 bits per heavy atom. The predicted octanol–water partition coefficient (Wildman–Crippen LogP) is 3.20. The van der Waals surface area contributed by atoms with Gasteiger partial charge in [-0.2, -0.15) is 0 Å². The van der Waals surface area contributed by atoms with Crippen molar-refractivity contribution in [2.75, 3.05) is 21.9 Å². The maximum absolute atomic E-state index is 12.1. The summed E-state index contributed by atoms with van der Waals surface area (Å²) in [6.45, 7) is 0.814. The summed E-state index contributed by atoms with van der Waals surface area (Å²) < 4.78 is 25.4. The number of carbonyl (C=O) groups is 1. The van der Waals surface area contributed by atoms with Crippen molar-refractivity contribution in [3.05, 3.63) is 59.1 Å². The SMILES string of the molecule is O=C(NCc1ccccc1)Nc1cc(N2CCCS2(=O)=O)ccc1Cl. The third kappa shape index (κ3) is 4.24. The highest BCUT2D eigenvalue weighted by Gasteiger charge is 2.28. The fraction of sp³-hybridized carbons (Fsp3) is 0.235. The molecule has 1 aliphatic rings. The van der Waals surface area contributed by atoms with Gasteiger partial charge in [0.25, 0.3) is 0 Å². The third-order valence-electron chi connectivity index (χ3n) is 3.88. The maximum atomic E-state index is 12.1. The van der Waals surface area contributed by atoms with Gasteiger partial charge in [-0.05, 0) is 30.2 Å². The Morgan fingerprint density at radius 1 is 1.16 bits per heavy atom.